The van der Waals surface area contributed by atoms with Crippen molar-refractivity contribution in [2.75, 3.05) is 0 Å². The second-order valence-corrected chi connectivity index (χ2v) is 19.7. The molecule has 0 radical (unpaired) electrons. The van der Waals surface area contributed by atoms with Crippen molar-refractivity contribution in [1.82, 2.24) is 0 Å². The first-order valence-electron chi connectivity index (χ1n) is 19.0. The summed E-state index contributed by atoms with van der Waals surface area (Å²) >= 11 is 5.49. The van der Waals surface area contributed by atoms with Crippen molar-refractivity contribution >= 4 is 73.5 Å². The van der Waals surface area contributed by atoms with E-state index in [0.717, 1.165) is 34.8 Å². The molecule has 0 saturated heterocycles. The molecule has 256 valence electrons. The third kappa shape index (κ3) is 5.15. The average molecular weight is 721 g/mol. The Balaban J connectivity index is 0.897. The van der Waals surface area contributed by atoms with E-state index in [4.69, 9.17) is 0 Å². The predicted molar refractivity (Wildman–Crippen MR) is 221 cm³/mol. The number of rotatable bonds is 5. The van der Waals surface area contributed by atoms with Crippen molar-refractivity contribution in [3.8, 4) is 20.2 Å². The molecule has 0 amide bonds. The van der Waals surface area contributed by atoms with Crippen LogP contribution in [0.15, 0.2) is 103 Å². The van der Waals surface area contributed by atoms with E-state index in [1.54, 1.807) is 22.5 Å². The minimum Gasteiger partial charge on any atom is -0.297 e. The van der Waals surface area contributed by atoms with Crippen LogP contribution in [0.25, 0.3) is 53.4 Å². The second-order valence-electron chi connectivity index (χ2n) is 16.3. The van der Waals surface area contributed by atoms with Gasteiger partial charge in [0, 0.05) is 29.9 Å². The van der Waals surface area contributed by atoms with E-state index in [1.165, 1.54) is 103 Å². The molecule has 3 aromatic heterocycles. The Morgan fingerprint density at radius 1 is 0.686 bits per heavy atom. The van der Waals surface area contributed by atoms with E-state index in [0.29, 0.717) is 10.8 Å². The fraction of sp³-hybridized carbons (Fsp3) is 0.340. The molecule has 3 heterocycles. The molecule has 1 nitrogen and oxygen atoms in total. The minimum absolute atomic E-state index is 0.330. The number of carbonyl (C=O) groups is 1. The van der Waals surface area contributed by atoms with E-state index in [9.17, 15) is 4.79 Å². The fourth-order valence-electron chi connectivity index (χ4n) is 11.4. The van der Waals surface area contributed by atoms with Gasteiger partial charge in [0.15, 0.2) is 6.29 Å². The van der Waals surface area contributed by atoms with E-state index in [-0.39, 0.29) is 0 Å². The highest BCUT2D eigenvalue weighted by Crippen LogP contribution is 2.68. The van der Waals surface area contributed by atoms with Crippen LogP contribution in [-0.4, -0.2) is 6.29 Å². The molecular weight excluding hydrogens is 677 g/mol. The number of fused-ring (bicyclic) bond motifs is 7. The van der Waals surface area contributed by atoms with Crippen LogP contribution in [0.1, 0.15) is 84.6 Å². The largest absolute Gasteiger partial charge is 0.297 e. The van der Waals surface area contributed by atoms with Gasteiger partial charge in [-0.1, -0.05) is 74.0 Å². The van der Waals surface area contributed by atoms with Gasteiger partial charge in [-0.25, -0.2) is 0 Å². The maximum Gasteiger partial charge on any atom is 0.160 e. The van der Waals surface area contributed by atoms with E-state index in [1.807, 2.05) is 28.7 Å². The lowest BCUT2D eigenvalue weighted by Gasteiger charge is -2.59. The third-order valence-electron chi connectivity index (χ3n) is 14.0. The van der Waals surface area contributed by atoms with E-state index < -0.39 is 0 Å². The van der Waals surface area contributed by atoms with Crippen molar-refractivity contribution in [3.63, 3.8) is 0 Å². The Kier molecular flexibility index (Phi) is 7.72. The molecule has 4 heteroatoms. The number of aldehydes is 1. The molecule has 4 aliphatic carbocycles. The number of hydrogen-bond acceptors (Lipinski definition) is 4. The molecular formula is C47H44OS3. The molecule has 4 aliphatic rings. The highest BCUT2D eigenvalue weighted by Gasteiger charge is 2.58. The van der Waals surface area contributed by atoms with Crippen LogP contribution in [0.3, 0.4) is 0 Å². The molecule has 3 saturated carbocycles. The number of carbonyl (C=O) groups excluding carboxylic acids is 1. The molecule has 6 aromatic rings. The van der Waals surface area contributed by atoms with Gasteiger partial charge in [-0.2, -0.15) is 0 Å². The van der Waals surface area contributed by atoms with Crippen molar-refractivity contribution in [1.29, 1.82) is 0 Å². The summed E-state index contributed by atoms with van der Waals surface area (Å²) in [6.45, 7) is 5.31. The maximum atomic E-state index is 11.2. The molecule has 0 unspecified atom stereocenters. The third-order valence-corrected chi connectivity index (χ3v) is 17.5. The van der Waals surface area contributed by atoms with Gasteiger partial charge in [0.2, 0.25) is 0 Å². The van der Waals surface area contributed by atoms with Crippen LogP contribution >= 0.6 is 34.0 Å². The van der Waals surface area contributed by atoms with Crippen molar-refractivity contribution < 1.29 is 4.79 Å². The van der Waals surface area contributed by atoms with E-state index >= 15 is 0 Å². The van der Waals surface area contributed by atoms with Gasteiger partial charge in [0.05, 0.1) is 4.88 Å². The zero-order valence-electron chi connectivity index (χ0n) is 29.5. The van der Waals surface area contributed by atoms with Crippen LogP contribution in [0.4, 0.5) is 0 Å². The first kappa shape index (κ1) is 32.1. The highest BCUT2D eigenvalue weighted by molar-refractivity contribution is 7.23. The Labute approximate surface area is 313 Å². The lowest BCUT2D eigenvalue weighted by Crippen LogP contribution is -2.51. The molecule has 3 fully saturated rings. The summed E-state index contributed by atoms with van der Waals surface area (Å²) in [4.78, 5) is 18.8. The lowest BCUT2D eigenvalue weighted by molar-refractivity contribution is -0.0793. The van der Waals surface area contributed by atoms with Gasteiger partial charge in [-0.3, -0.25) is 4.79 Å². The SMILES string of the molecule is C[C@]12CC=C(c3ccc(-c4c5ccccc5cc5ccccc45)s3)C[C@@H]1CC[C@@H]1[C@@H]2CC[C@]2(C)/C(=C\c3ccc(-c4ccc(C=O)s4)s3)CC[C@@H]12. The number of benzene rings is 3. The molecule has 0 bridgehead atoms. The topological polar surface area (TPSA) is 17.1 Å². The number of allylic oxidation sites excluding steroid dienone is 3. The normalized spacial score (nSPS) is 29.5. The molecule has 0 spiro atoms. The summed E-state index contributed by atoms with van der Waals surface area (Å²) in [5, 5.41) is 5.36. The highest BCUT2D eigenvalue weighted by atomic mass is 32.1. The minimum atomic E-state index is 0.330. The van der Waals surface area contributed by atoms with Gasteiger partial charge in [-0.15, -0.1) is 34.0 Å². The number of thiophene rings is 3. The first-order chi connectivity index (χ1) is 24.9. The first-order valence-corrected chi connectivity index (χ1v) is 21.4. The van der Waals surface area contributed by atoms with E-state index in [2.05, 4.69) is 111 Å². The van der Waals surface area contributed by atoms with Gasteiger partial charge in [0.1, 0.15) is 0 Å². The molecule has 10 rings (SSSR count). The average Bonchev–Trinajstić information content (AvgIpc) is 3.98. The van der Waals surface area contributed by atoms with Crippen LogP contribution in [0.5, 0.6) is 0 Å². The van der Waals surface area contributed by atoms with Gasteiger partial charge in [0.25, 0.3) is 0 Å². The summed E-state index contributed by atoms with van der Waals surface area (Å²) in [6.07, 6.45) is 16.8. The monoisotopic (exact) mass is 720 g/mol. The van der Waals surface area contributed by atoms with Crippen molar-refractivity contribution in [2.24, 2.45) is 34.5 Å². The maximum absolute atomic E-state index is 11.2. The zero-order chi connectivity index (χ0) is 34.3. The van der Waals surface area contributed by atoms with Gasteiger partial charge in [-0.05, 0) is 162 Å². The van der Waals surface area contributed by atoms with Gasteiger partial charge >= 0.3 is 0 Å². The summed E-state index contributed by atoms with van der Waals surface area (Å²) in [5.74, 6) is 3.29. The molecule has 51 heavy (non-hydrogen) atoms. The van der Waals surface area contributed by atoms with Gasteiger partial charge < -0.3 is 0 Å². The van der Waals surface area contributed by atoms with Crippen molar-refractivity contribution in [2.45, 2.75) is 65.2 Å². The zero-order valence-corrected chi connectivity index (χ0v) is 31.9. The Morgan fingerprint density at radius 3 is 2.12 bits per heavy atom. The smallest absolute Gasteiger partial charge is 0.160 e. The predicted octanol–water partition coefficient (Wildman–Crippen LogP) is 14.4. The molecule has 0 N–H and O–H groups in total. The molecule has 3 aromatic carbocycles. The number of hydrogen-bond donors (Lipinski definition) is 0. The Morgan fingerprint density at radius 2 is 1.37 bits per heavy atom. The summed E-state index contributed by atoms with van der Waals surface area (Å²) in [7, 11) is 0. The quantitative estimate of drug-likeness (QED) is 0.128. The Hall–Kier alpha value is -3.57. The molecule has 0 aliphatic heterocycles. The van der Waals surface area contributed by atoms with Crippen molar-refractivity contribution in [3.05, 3.63) is 117 Å². The Bertz CT molecular complexity index is 2330. The standard InChI is InChI=1S/C47H44OS3/c1-46-23-21-31(41-19-20-44(51-41)45-36-9-5-3-7-29(36)25-30-8-4-6-10-37(30)45)26-32(46)11-15-38-39-16-12-33(47(39,2)24-22-40(38)46)27-34-13-17-42(49-34)43-18-14-35(28-48)50-43/h3-10,13-14,17-21,25,27-28,32,38-40H,11-12,15-16,22-24,26H2,1-2H3/b33-27-/t32-,38-,39-,40-,46-,47+/m0/s1. The van der Waals surface area contributed by atoms with Crippen LogP contribution in [-0.2, 0) is 0 Å². The fourth-order valence-corrected chi connectivity index (χ4v) is 14.4. The second kappa shape index (κ2) is 12.3. The summed E-state index contributed by atoms with van der Waals surface area (Å²) < 4.78 is 0. The summed E-state index contributed by atoms with van der Waals surface area (Å²) in [6, 6.07) is 33.6. The van der Waals surface area contributed by atoms with Crippen LogP contribution in [0, 0.1) is 34.5 Å². The lowest BCUT2D eigenvalue weighted by atomic mass is 9.45. The molecule has 6 atom stereocenters. The summed E-state index contributed by atoms with van der Waals surface area (Å²) in [5.41, 5.74) is 5.44. The van der Waals surface area contributed by atoms with Crippen LogP contribution in [0.2, 0.25) is 0 Å². The van der Waals surface area contributed by atoms with Crippen LogP contribution < -0.4 is 0 Å².